The second kappa shape index (κ2) is 6.29. The van der Waals surface area contributed by atoms with Gasteiger partial charge in [-0.1, -0.05) is 12.1 Å². The van der Waals surface area contributed by atoms with E-state index >= 15 is 0 Å². The molecule has 0 bridgehead atoms. The Kier molecular flexibility index (Phi) is 4.46. The first-order chi connectivity index (χ1) is 9.65. The maximum atomic E-state index is 12.4. The van der Waals surface area contributed by atoms with Crippen molar-refractivity contribution in [2.24, 2.45) is 5.92 Å². The molecule has 1 amide bonds. The highest BCUT2D eigenvalue weighted by Crippen LogP contribution is 2.31. The first-order valence-electron chi connectivity index (χ1n) is 6.72. The van der Waals surface area contributed by atoms with Gasteiger partial charge >= 0.3 is 0 Å². The van der Waals surface area contributed by atoms with Gasteiger partial charge in [-0.15, -0.1) is 0 Å². The molecule has 1 aromatic rings. The quantitative estimate of drug-likeness (QED) is 0.840. The fourth-order valence-electron chi connectivity index (χ4n) is 2.09. The van der Waals surface area contributed by atoms with Gasteiger partial charge in [-0.05, 0) is 26.0 Å². The van der Waals surface area contributed by atoms with Crippen LogP contribution in [0.25, 0.3) is 0 Å². The van der Waals surface area contributed by atoms with Crippen molar-refractivity contribution in [3.63, 3.8) is 0 Å². The Morgan fingerprint density at radius 3 is 2.85 bits per heavy atom. The summed E-state index contributed by atoms with van der Waals surface area (Å²) in [7, 11) is 0. The fourth-order valence-corrected chi connectivity index (χ4v) is 2.09. The van der Waals surface area contributed by atoms with Crippen LogP contribution in [0.5, 0.6) is 11.5 Å². The topological polar surface area (TPSA) is 62.6 Å². The van der Waals surface area contributed by atoms with Gasteiger partial charge in [-0.25, -0.2) is 0 Å². The maximum Gasteiger partial charge on any atom is 0.267 e. The minimum Gasteiger partial charge on any atom is -0.485 e. The van der Waals surface area contributed by atoms with Crippen molar-refractivity contribution in [2.75, 3.05) is 19.7 Å². The number of carbonyl (C=O) groups is 1. The minimum absolute atomic E-state index is 0.135. The van der Waals surface area contributed by atoms with Crippen molar-refractivity contribution in [1.82, 2.24) is 4.90 Å². The van der Waals surface area contributed by atoms with E-state index in [1.165, 1.54) is 0 Å². The van der Waals surface area contributed by atoms with E-state index in [-0.39, 0.29) is 18.4 Å². The predicted octanol–water partition coefficient (Wildman–Crippen LogP) is 1.83. The van der Waals surface area contributed by atoms with Crippen LogP contribution in [0.2, 0.25) is 0 Å². The van der Waals surface area contributed by atoms with Crippen LogP contribution in [-0.2, 0) is 4.79 Å². The van der Waals surface area contributed by atoms with Crippen molar-refractivity contribution in [2.45, 2.75) is 20.0 Å². The number of nitriles is 1. The van der Waals surface area contributed by atoms with Crippen LogP contribution in [0.3, 0.4) is 0 Å². The summed E-state index contributed by atoms with van der Waals surface area (Å²) in [4.78, 5) is 14.0. The lowest BCUT2D eigenvalue weighted by Crippen LogP contribution is -2.47. The summed E-state index contributed by atoms with van der Waals surface area (Å²) in [5.41, 5.74) is 0. The third-order valence-electron chi connectivity index (χ3n) is 3.19. The molecule has 0 aromatic heterocycles. The van der Waals surface area contributed by atoms with E-state index < -0.39 is 6.10 Å². The van der Waals surface area contributed by atoms with Gasteiger partial charge in [0.05, 0.1) is 12.0 Å². The lowest BCUT2D eigenvalue weighted by molar-refractivity contribution is -0.141. The van der Waals surface area contributed by atoms with Crippen molar-refractivity contribution >= 4 is 5.91 Å². The first-order valence-corrected chi connectivity index (χ1v) is 6.72. The van der Waals surface area contributed by atoms with Crippen LogP contribution < -0.4 is 9.47 Å². The van der Waals surface area contributed by atoms with E-state index in [9.17, 15) is 4.79 Å². The molecule has 0 spiro atoms. The number of amides is 1. The number of carbonyl (C=O) groups excluding carboxylic acids is 1. The largest absolute Gasteiger partial charge is 0.485 e. The molecule has 0 unspecified atom stereocenters. The molecule has 1 heterocycles. The van der Waals surface area contributed by atoms with Crippen molar-refractivity contribution in [3.8, 4) is 17.6 Å². The van der Waals surface area contributed by atoms with E-state index in [4.69, 9.17) is 14.7 Å². The van der Waals surface area contributed by atoms with Crippen LogP contribution in [0.15, 0.2) is 24.3 Å². The smallest absolute Gasteiger partial charge is 0.267 e. The maximum absolute atomic E-state index is 12.4. The molecule has 0 aliphatic carbocycles. The van der Waals surface area contributed by atoms with Gasteiger partial charge in [0.25, 0.3) is 5.91 Å². The van der Waals surface area contributed by atoms with Gasteiger partial charge in [0.1, 0.15) is 6.61 Å². The van der Waals surface area contributed by atoms with Gasteiger partial charge in [0.2, 0.25) is 6.10 Å². The molecular formula is C15H18N2O3. The molecular weight excluding hydrogens is 256 g/mol. The standard InChI is InChI=1S/C15H18N2O3/c1-3-17(9-11(2)8-16)15(18)14-10-19-12-6-4-5-7-13(12)20-14/h4-7,11,14H,3,9-10H2,1-2H3/t11-,14+/m0/s1. The van der Waals surface area contributed by atoms with Crippen LogP contribution in [-0.4, -0.2) is 36.6 Å². The lowest BCUT2D eigenvalue weighted by atomic mass is 10.1. The summed E-state index contributed by atoms with van der Waals surface area (Å²) < 4.78 is 11.2. The van der Waals surface area contributed by atoms with E-state index in [0.717, 1.165) is 0 Å². The molecule has 20 heavy (non-hydrogen) atoms. The van der Waals surface area contributed by atoms with Gasteiger partial charge in [-0.2, -0.15) is 5.26 Å². The zero-order chi connectivity index (χ0) is 14.5. The number of hydrogen-bond acceptors (Lipinski definition) is 4. The van der Waals surface area contributed by atoms with Crippen LogP contribution in [0.4, 0.5) is 0 Å². The lowest BCUT2D eigenvalue weighted by Gasteiger charge is -2.30. The molecule has 0 radical (unpaired) electrons. The molecule has 2 atom stereocenters. The molecule has 0 fully saturated rings. The predicted molar refractivity (Wildman–Crippen MR) is 73.4 cm³/mol. The number of nitrogens with zero attached hydrogens (tertiary/aromatic N) is 2. The average Bonchev–Trinajstić information content (AvgIpc) is 2.51. The number of hydrogen-bond donors (Lipinski definition) is 0. The summed E-state index contributed by atoms with van der Waals surface area (Å²) in [5, 5.41) is 8.86. The summed E-state index contributed by atoms with van der Waals surface area (Å²) in [6.07, 6.45) is -0.643. The van der Waals surface area contributed by atoms with Gasteiger partial charge in [0.15, 0.2) is 11.5 Å². The zero-order valence-electron chi connectivity index (χ0n) is 11.7. The molecule has 2 rings (SSSR count). The van der Waals surface area contributed by atoms with Crippen molar-refractivity contribution in [3.05, 3.63) is 24.3 Å². The summed E-state index contributed by atoms with van der Waals surface area (Å²) in [6.45, 7) is 4.84. The summed E-state index contributed by atoms with van der Waals surface area (Å²) in [6, 6.07) is 9.42. The Labute approximate surface area is 118 Å². The number of fused-ring (bicyclic) bond motifs is 1. The highest BCUT2D eigenvalue weighted by atomic mass is 16.6. The van der Waals surface area contributed by atoms with E-state index in [1.807, 2.05) is 25.1 Å². The number of benzene rings is 1. The molecule has 106 valence electrons. The Balaban J connectivity index is 2.05. The molecule has 0 N–H and O–H groups in total. The van der Waals surface area contributed by atoms with E-state index in [2.05, 4.69) is 6.07 Å². The highest BCUT2D eigenvalue weighted by molar-refractivity contribution is 5.82. The molecule has 0 saturated carbocycles. The third-order valence-corrected chi connectivity index (χ3v) is 3.19. The second-order valence-corrected chi connectivity index (χ2v) is 4.77. The number of para-hydroxylation sites is 2. The van der Waals surface area contributed by atoms with Gasteiger partial charge in [-0.3, -0.25) is 4.79 Å². The normalized spacial score (nSPS) is 17.9. The van der Waals surface area contributed by atoms with Crippen LogP contribution in [0, 0.1) is 17.2 Å². The van der Waals surface area contributed by atoms with Crippen LogP contribution >= 0.6 is 0 Å². The first kappa shape index (κ1) is 14.2. The minimum atomic E-state index is -0.643. The van der Waals surface area contributed by atoms with Gasteiger partial charge < -0.3 is 14.4 Å². The second-order valence-electron chi connectivity index (χ2n) is 4.77. The summed E-state index contributed by atoms with van der Waals surface area (Å²) in [5.74, 6) is 0.909. The van der Waals surface area contributed by atoms with Crippen molar-refractivity contribution < 1.29 is 14.3 Å². The molecule has 5 heteroatoms. The third kappa shape index (κ3) is 3.02. The number of rotatable bonds is 4. The molecule has 1 aliphatic heterocycles. The molecule has 1 aromatic carbocycles. The Morgan fingerprint density at radius 2 is 2.20 bits per heavy atom. The van der Waals surface area contributed by atoms with Gasteiger partial charge in [0, 0.05) is 13.1 Å². The molecule has 1 aliphatic rings. The van der Waals surface area contributed by atoms with Crippen LogP contribution in [0.1, 0.15) is 13.8 Å². The SMILES string of the molecule is CCN(C[C@@H](C)C#N)C(=O)[C@H]1COc2ccccc2O1. The number of likely N-dealkylation sites (N-methyl/N-ethyl adjacent to an activating group) is 1. The Morgan fingerprint density at radius 1 is 1.50 bits per heavy atom. The fraction of sp³-hybridized carbons (Fsp3) is 0.467. The zero-order valence-corrected chi connectivity index (χ0v) is 11.7. The van der Waals surface area contributed by atoms with Crippen molar-refractivity contribution in [1.29, 1.82) is 5.26 Å². The van der Waals surface area contributed by atoms with E-state index in [1.54, 1.807) is 17.9 Å². The molecule has 5 nitrogen and oxygen atoms in total. The number of ether oxygens (including phenoxy) is 2. The Hall–Kier alpha value is -2.22. The highest BCUT2D eigenvalue weighted by Gasteiger charge is 2.30. The Bertz CT molecular complexity index is 524. The average molecular weight is 274 g/mol. The monoisotopic (exact) mass is 274 g/mol. The summed E-state index contributed by atoms with van der Waals surface area (Å²) >= 11 is 0. The van der Waals surface area contributed by atoms with E-state index in [0.29, 0.717) is 24.6 Å². The molecule has 0 saturated heterocycles.